The smallest absolute Gasteiger partial charge is 0.253 e. The van der Waals surface area contributed by atoms with Crippen LogP contribution in [-0.4, -0.2) is 72.6 Å². The van der Waals surface area contributed by atoms with Crippen molar-refractivity contribution in [3.8, 4) is 0 Å². The van der Waals surface area contributed by atoms with Crippen LogP contribution in [0.4, 0.5) is 0 Å². The molecule has 1 aromatic carbocycles. The van der Waals surface area contributed by atoms with Gasteiger partial charge in [-0.05, 0) is 55.5 Å². The summed E-state index contributed by atoms with van der Waals surface area (Å²) < 4.78 is 35.0. The van der Waals surface area contributed by atoms with E-state index in [1.165, 1.54) is 29.0 Å². The average molecular weight is 529 g/mol. The van der Waals surface area contributed by atoms with Crippen molar-refractivity contribution in [2.45, 2.75) is 57.0 Å². The molecule has 1 aromatic heterocycles. The van der Waals surface area contributed by atoms with Gasteiger partial charge in [0.15, 0.2) is 0 Å². The number of carbonyl (C=O) groups excluding carboxylic acids is 1. The van der Waals surface area contributed by atoms with Crippen LogP contribution in [0.5, 0.6) is 0 Å². The number of rotatable bonds is 9. The number of sulfonamides is 1. The number of amidine groups is 1. The number of carbonyl (C=O) groups is 1. The molecule has 2 aromatic rings. The second-order valence-corrected chi connectivity index (χ2v) is 12.0. The number of ether oxygens (including phenoxy) is 1. The number of fused-ring (bicyclic) bond motifs is 1. The van der Waals surface area contributed by atoms with Crippen molar-refractivity contribution < 1.29 is 23.1 Å². The number of aromatic nitrogens is 1. The summed E-state index contributed by atoms with van der Waals surface area (Å²) in [5.41, 5.74) is 1.02. The van der Waals surface area contributed by atoms with E-state index >= 15 is 0 Å². The average Bonchev–Trinajstić information content (AvgIpc) is 3.46. The van der Waals surface area contributed by atoms with E-state index in [9.17, 15) is 13.2 Å². The molecule has 9 nitrogen and oxygen atoms in total. The van der Waals surface area contributed by atoms with Crippen molar-refractivity contribution >= 4 is 38.7 Å². The molecular weight excluding hydrogens is 492 g/mol. The summed E-state index contributed by atoms with van der Waals surface area (Å²) in [4.78, 5) is 17.7. The molecule has 5 rings (SSSR count). The normalized spacial score (nSPS) is 21.2. The fraction of sp³-hybridized carbons (Fsp3) is 0.556. The quantitative estimate of drug-likeness (QED) is 0.486. The van der Waals surface area contributed by atoms with Crippen molar-refractivity contribution in [2.75, 3.05) is 32.9 Å². The zero-order valence-corrected chi connectivity index (χ0v) is 22.0. The first kappa shape index (κ1) is 26.1. The summed E-state index contributed by atoms with van der Waals surface area (Å²) in [6, 6.07) is 7.82. The number of hydrogen-bond acceptors (Lipinski definition) is 6. The second kappa shape index (κ2) is 11.1. The third-order valence-corrected chi connectivity index (χ3v) is 9.40. The highest BCUT2D eigenvalue weighted by Gasteiger charge is 2.48. The van der Waals surface area contributed by atoms with Crippen LogP contribution >= 0.6 is 0 Å². The highest BCUT2D eigenvalue weighted by molar-refractivity contribution is 7.92. The molecule has 1 spiro atoms. The lowest BCUT2D eigenvalue weighted by Gasteiger charge is -2.34. The molecule has 2 aliphatic heterocycles. The predicted octanol–water partition coefficient (Wildman–Crippen LogP) is 2.89. The number of aliphatic imine (C=N–C) groups is 1. The Hall–Kier alpha value is -2.53. The first-order valence-electron chi connectivity index (χ1n) is 13.3. The molecule has 0 unspecified atom stereocenters. The molecule has 10 heteroatoms. The second-order valence-electron chi connectivity index (χ2n) is 10.2. The Kier molecular flexibility index (Phi) is 7.80. The summed E-state index contributed by atoms with van der Waals surface area (Å²) in [6.07, 6.45) is 10.1. The van der Waals surface area contributed by atoms with Crippen molar-refractivity contribution in [3.63, 3.8) is 0 Å². The van der Waals surface area contributed by atoms with Crippen LogP contribution in [-0.2, 0) is 26.1 Å². The Bertz CT molecular complexity index is 1290. The number of aliphatic hydroxyl groups is 1. The lowest BCUT2D eigenvalue weighted by Crippen LogP contribution is -2.50. The van der Waals surface area contributed by atoms with E-state index in [2.05, 4.69) is 9.88 Å². The summed E-state index contributed by atoms with van der Waals surface area (Å²) >= 11 is 0. The van der Waals surface area contributed by atoms with Gasteiger partial charge in [0, 0.05) is 48.1 Å². The van der Waals surface area contributed by atoms with E-state index in [4.69, 9.17) is 14.8 Å². The van der Waals surface area contributed by atoms with Crippen LogP contribution in [0.2, 0.25) is 0 Å². The summed E-state index contributed by atoms with van der Waals surface area (Å²) in [6.45, 7) is 2.07. The van der Waals surface area contributed by atoms with Crippen molar-refractivity contribution in [2.24, 2.45) is 10.9 Å². The van der Waals surface area contributed by atoms with Gasteiger partial charge in [0.1, 0.15) is 11.4 Å². The van der Waals surface area contributed by atoms with Crippen molar-refractivity contribution in [3.05, 3.63) is 41.4 Å². The molecule has 37 heavy (non-hydrogen) atoms. The van der Waals surface area contributed by atoms with E-state index in [0.717, 1.165) is 35.1 Å². The minimum absolute atomic E-state index is 0.00789. The van der Waals surface area contributed by atoms with Gasteiger partial charge in [0.25, 0.3) is 5.91 Å². The fourth-order valence-corrected chi connectivity index (χ4v) is 6.85. The maximum atomic E-state index is 13.1. The number of aliphatic hydroxyl groups excluding tert-OH is 1. The molecule has 3 aliphatic rings. The van der Waals surface area contributed by atoms with Gasteiger partial charge in [-0.3, -0.25) is 9.79 Å². The highest BCUT2D eigenvalue weighted by atomic mass is 32.2. The predicted molar refractivity (Wildman–Crippen MR) is 143 cm³/mol. The minimum Gasteiger partial charge on any atom is -0.394 e. The zero-order valence-electron chi connectivity index (χ0n) is 21.1. The molecule has 3 heterocycles. The molecule has 1 aliphatic carbocycles. The highest BCUT2D eigenvalue weighted by Crippen LogP contribution is 2.35. The van der Waals surface area contributed by atoms with Gasteiger partial charge in [-0.15, -0.1) is 0 Å². The Morgan fingerprint density at radius 1 is 1.14 bits per heavy atom. The lowest BCUT2D eigenvalue weighted by atomic mass is 9.88. The Labute approximate surface area is 218 Å². The van der Waals surface area contributed by atoms with Gasteiger partial charge in [0.2, 0.25) is 10.0 Å². The SMILES string of the molecule is O=C1NC(C2CCCCC2)=NC12CCN(S(=O)(=O)C=Cc1ccc3c(ccn3CCOCCO)c1)CC2. The number of nitrogens with zero attached hydrogens (tertiary/aromatic N) is 3. The molecule has 0 radical (unpaired) electrons. The molecule has 1 saturated heterocycles. The van der Waals surface area contributed by atoms with E-state index in [1.54, 1.807) is 6.08 Å². The van der Waals surface area contributed by atoms with Crippen LogP contribution in [0.3, 0.4) is 0 Å². The van der Waals surface area contributed by atoms with E-state index in [-0.39, 0.29) is 25.6 Å². The number of piperidine rings is 1. The molecule has 200 valence electrons. The van der Waals surface area contributed by atoms with Crippen LogP contribution in [0.15, 0.2) is 40.9 Å². The molecule has 2 fully saturated rings. The zero-order chi connectivity index (χ0) is 25.9. The molecule has 0 bridgehead atoms. The Morgan fingerprint density at radius 2 is 1.92 bits per heavy atom. The summed E-state index contributed by atoms with van der Waals surface area (Å²) in [5, 5.41) is 14.1. The monoisotopic (exact) mass is 528 g/mol. The molecule has 1 saturated carbocycles. The maximum absolute atomic E-state index is 13.1. The molecular formula is C27H36N4O5S. The standard InChI is InChI=1S/C27H36N4O5S/c32-16-18-36-17-15-30-12-8-23-20-21(6-7-24(23)30)9-19-37(34,35)31-13-10-27(11-14-31)26(33)28-25(29-27)22-4-2-1-3-5-22/h6-9,12,19-20,22,32H,1-5,10-11,13-18H2,(H,28,29,33). The first-order valence-corrected chi connectivity index (χ1v) is 14.8. The lowest BCUT2D eigenvalue weighted by molar-refractivity contribution is -0.125. The number of hydrogen-bond donors (Lipinski definition) is 2. The first-order chi connectivity index (χ1) is 17.9. The number of amides is 1. The van der Waals surface area contributed by atoms with E-state index in [1.807, 2.05) is 30.5 Å². The van der Waals surface area contributed by atoms with E-state index in [0.29, 0.717) is 38.5 Å². The third kappa shape index (κ3) is 5.67. The molecule has 0 atom stereocenters. The van der Waals surface area contributed by atoms with Crippen LogP contribution in [0.1, 0.15) is 50.5 Å². The fourth-order valence-electron chi connectivity index (χ4n) is 5.66. The van der Waals surface area contributed by atoms with Crippen molar-refractivity contribution in [1.82, 2.24) is 14.2 Å². The number of benzene rings is 1. The van der Waals surface area contributed by atoms with Crippen LogP contribution in [0, 0.1) is 5.92 Å². The summed E-state index contributed by atoms with van der Waals surface area (Å²) in [5.74, 6) is 1.08. The van der Waals surface area contributed by atoms with Crippen LogP contribution in [0.25, 0.3) is 17.0 Å². The van der Waals surface area contributed by atoms with Gasteiger partial charge >= 0.3 is 0 Å². The van der Waals surface area contributed by atoms with Crippen molar-refractivity contribution in [1.29, 1.82) is 0 Å². The Morgan fingerprint density at radius 3 is 2.68 bits per heavy atom. The molecule has 1 amide bonds. The van der Waals surface area contributed by atoms with Gasteiger partial charge in [0.05, 0.1) is 19.8 Å². The van der Waals surface area contributed by atoms with Gasteiger partial charge in [-0.2, -0.15) is 4.31 Å². The number of nitrogens with one attached hydrogen (secondary N) is 1. The van der Waals surface area contributed by atoms with Crippen LogP contribution < -0.4 is 5.32 Å². The van der Waals surface area contributed by atoms with Gasteiger partial charge in [-0.1, -0.05) is 25.3 Å². The largest absolute Gasteiger partial charge is 0.394 e. The third-order valence-electron chi connectivity index (χ3n) is 7.84. The summed E-state index contributed by atoms with van der Waals surface area (Å²) in [7, 11) is -3.61. The Balaban J connectivity index is 1.21. The topological polar surface area (TPSA) is 113 Å². The van der Waals surface area contributed by atoms with Gasteiger partial charge < -0.3 is 19.7 Å². The molecule has 2 N–H and O–H groups in total. The van der Waals surface area contributed by atoms with Gasteiger partial charge in [-0.25, -0.2) is 8.42 Å². The maximum Gasteiger partial charge on any atom is 0.253 e. The minimum atomic E-state index is -3.61. The van der Waals surface area contributed by atoms with E-state index < -0.39 is 15.6 Å².